The van der Waals surface area contributed by atoms with Crippen LogP contribution < -0.4 is 14.2 Å². The van der Waals surface area contributed by atoms with Crippen LogP contribution in [-0.2, 0) is 11.4 Å². The number of aliphatic hydroxyl groups excluding tert-OH is 1. The average molecular weight is 511 g/mol. The lowest BCUT2D eigenvalue weighted by Gasteiger charge is -2.42. The minimum Gasteiger partial charge on any atom is -0.497 e. The second kappa shape index (κ2) is 11.1. The predicted molar refractivity (Wildman–Crippen MR) is 134 cm³/mol. The largest absolute Gasteiger partial charge is 0.497 e. The molecule has 1 saturated carbocycles. The van der Waals surface area contributed by atoms with Crippen molar-refractivity contribution >= 4 is 5.97 Å². The quantitative estimate of drug-likeness (QED) is 0.362. The number of benzene rings is 2. The van der Waals surface area contributed by atoms with Gasteiger partial charge in [0.05, 0.1) is 32.4 Å². The van der Waals surface area contributed by atoms with Crippen LogP contribution in [0.5, 0.6) is 17.4 Å². The van der Waals surface area contributed by atoms with E-state index < -0.39 is 24.3 Å². The maximum absolute atomic E-state index is 14.7. The normalized spacial score (nSPS) is 15.5. The number of aromatic nitrogens is 2. The Balaban J connectivity index is 1.54. The van der Waals surface area contributed by atoms with E-state index in [1.807, 2.05) is 0 Å². The molecule has 3 aromatic rings. The zero-order valence-corrected chi connectivity index (χ0v) is 21.1. The van der Waals surface area contributed by atoms with Gasteiger partial charge in [-0.25, -0.2) is 14.4 Å². The second-order valence-electron chi connectivity index (χ2n) is 10.1. The fourth-order valence-corrected chi connectivity index (χ4v) is 4.64. The van der Waals surface area contributed by atoms with E-state index in [0.29, 0.717) is 40.7 Å². The topological polar surface area (TPSA) is 111 Å². The highest BCUT2D eigenvalue weighted by Gasteiger charge is 2.36. The lowest BCUT2D eigenvalue weighted by Crippen LogP contribution is -2.35. The van der Waals surface area contributed by atoms with Crippen molar-refractivity contribution in [3.8, 4) is 28.6 Å². The first kappa shape index (κ1) is 26.3. The average Bonchev–Trinajstić information content (AvgIpc) is 2.85. The Labute approximate surface area is 215 Å². The number of nitrogens with zero attached hydrogens (tertiary/aromatic N) is 2. The lowest BCUT2D eigenvalue weighted by molar-refractivity contribution is -0.139. The van der Waals surface area contributed by atoms with Crippen LogP contribution in [0.2, 0.25) is 0 Å². The Morgan fingerprint density at radius 2 is 1.95 bits per heavy atom. The number of methoxy groups -OCH3 is 1. The van der Waals surface area contributed by atoms with Gasteiger partial charge in [-0.05, 0) is 60.1 Å². The number of halogens is 1. The molecule has 4 rings (SSSR count). The van der Waals surface area contributed by atoms with Gasteiger partial charge in [0.15, 0.2) is 0 Å². The highest BCUT2D eigenvalue weighted by Crippen LogP contribution is 2.45. The fraction of sp³-hybridized carbons (Fsp3) is 0.393. The van der Waals surface area contributed by atoms with Crippen LogP contribution in [0, 0.1) is 17.2 Å². The zero-order chi connectivity index (χ0) is 26.6. The van der Waals surface area contributed by atoms with Gasteiger partial charge in [0.2, 0.25) is 5.88 Å². The number of hydrogen-bond acceptors (Lipinski definition) is 7. The molecule has 2 aromatic carbocycles. The van der Waals surface area contributed by atoms with E-state index >= 15 is 0 Å². The van der Waals surface area contributed by atoms with Crippen LogP contribution in [0.4, 0.5) is 4.39 Å². The molecule has 0 aliphatic heterocycles. The maximum Gasteiger partial charge on any atom is 0.306 e. The van der Waals surface area contributed by atoms with Gasteiger partial charge < -0.3 is 24.4 Å². The third kappa shape index (κ3) is 6.74. The highest BCUT2D eigenvalue weighted by atomic mass is 19.1. The van der Waals surface area contributed by atoms with Gasteiger partial charge in [0.25, 0.3) is 0 Å². The Morgan fingerprint density at radius 1 is 1.16 bits per heavy atom. The summed E-state index contributed by atoms with van der Waals surface area (Å²) in [4.78, 5) is 19.9. The molecule has 9 heteroatoms. The van der Waals surface area contributed by atoms with Crippen LogP contribution >= 0.6 is 0 Å². The maximum atomic E-state index is 14.7. The molecule has 1 atom stereocenters. The molecule has 1 heterocycles. The highest BCUT2D eigenvalue weighted by molar-refractivity contribution is 5.68. The molecule has 1 aliphatic rings. The predicted octanol–water partition coefficient (Wildman–Crippen LogP) is 5.19. The molecular formula is C28H31FN2O6. The molecule has 0 bridgehead atoms. The third-order valence-electron chi connectivity index (χ3n) is 6.35. The molecule has 0 radical (unpaired) electrons. The van der Waals surface area contributed by atoms with Crippen LogP contribution in [0.1, 0.15) is 50.5 Å². The summed E-state index contributed by atoms with van der Waals surface area (Å²) in [6.07, 6.45) is 2.02. The van der Waals surface area contributed by atoms with Crippen LogP contribution in [0.3, 0.4) is 0 Å². The number of hydrogen-bond donors (Lipinski definition) is 2. The summed E-state index contributed by atoms with van der Waals surface area (Å²) in [5.74, 6) is -0.0403. The van der Waals surface area contributed by atoms with E-state index in [0.717, 1.165) is 12.8 Å². The summed E-state index contributed by atoms with van der Waals surface area (Å²) < 4.78 is 31.9. The minimum atomic E-state index is -1.14. The molecule has 0 unspecified atom stereocenters. The Bertz CT molecular complexity index is 1260. The standard InChI is InChI=1S/C28H31FN2O6/c1-28(2)12-17(13-28)15-37-27-26(22-10-20(35-3)7-8-23(22)29)30-14-19(31-27)16-36-21-6-4-5-18(9-21)24(32)11-25(33)34/h4-10,14,17,24,32H,11-13,15-16H2,1-3H3,(H,33,34)/t24-/m1/s1. The number of aliphatic hydroxyl groups is 1. The van der Waals surface area contributed by atoms with Gasteiger partial charge in [0.1, 0.15) is 35.3 Å². The van der Waals surface area contributed by atoms with E-state index in [2.05, 4.69) is 23.8 Å². The monoisotopic (exact) mass is 510 g/mol. The molecule has 1 aliphatic carbocycles. The number of rotatable bonds is 11. The van der Waals surface area contributed by atoms with E-state index in [9.17, 15) is 14.3 Å². The SMILES string of the molecule is COc1ccc(F)c(-c2ncc(COc3cccc([C@H](O)CC(=O)O)c3)nc2OCC2CC(C)(C)C2)c1. The zero-order valence-electron chi connectivity index (χ0n) is 21.1. The first-order chi connectivity index (χ1) is 17.6. The van der Waals surface area contributed by atoms with Crippen LogP contribution in [-0.4, -0.2) is 39.9 Å². The summed E-state index contributed by atoms with van der Waals surface area (Å²) in [5, 5.41) is 19.0. The fourth-order valence-electron chi connectivity index (χ4n) is 4.64. The number of carbonyl (C=O) groups is 1. The van der Waals surface area contributed by atoms with Gasteiger partial charge in [0, 0.05) is 5.56 Å². The first-order valence-electron chi connectivity index (χ1n) is 12.1. The van der Waals surface area contributed by atoms with Gasteiger partial charge in [-0.15, -0.1) is 0 Å². The van der Waals surface area contributed by atoms with Gasteiger partial charge in [-0.2, -0.15) is 0 Å². The summed E-state index contributed by atoms with van der Waals surface area (Å²) in [6.45, 7) is 4.92. The number of carboxylic acid groups (broad SMARTS) is 1. The van der Waals surface area contributed by atoms with Gasteiger partial charge in [-0.3, -0.25) is 4.79 Å². The number of carboxylic acids is 1. The molecule has 0 amide bonds. The van der Waals surface area contributed by atoms with Gasteiger partial charge in [-0.1, -0.05) is 26.0 Å². The second-order valence-corrected chi connectivity index (χ2v) is 10.1. The smallest absolute Gasteiger partial charge is 0.306 e. The van der Waals surface area contributed by atoms with Crippen molar-refractivity contribution < 1.29 is 33.6 Å². The number of aliphatic carboxylic acids is 1. The number of ether oxygens (including phenoxy) is 3. The molecule has 2 N–H and O–H groups in total. The van der Waals surface area contributed by atoms with Crippen molar-refractivity contribution in [2.24, 2.45) is 11.3 Å². The van der Waals surface area contributed by atoms with E-state index in [4.69, 9.17) is 19.3 Å². The van der Waals surface area contributed by atoms with Crippen molar-refractivity contribution in [1.29, 1.82) is 0 Å². The van der Waals surface area contributed by atoms with Crippen molar-refractivity contribution in [1.82, 2.24) is 9.97 Å². The van der Waals surface area contributed by atoms with Crippen LogP contribution in [0.25, 0.3) is 11.3 Å². The summed E-state index contributed by atoms with van der Waals surface area (Å²) >= 11 is 0. The summed E-state index contributed by atoms with van der Waals surface area (Å²) in [5.41, 5.74) is 1.69. The summed E-state index contributed by atoms with van der Waals surface area (Å²) in [6, 6.07) is 11.0. The molecule has 37 heavy (non-hydrogen) atoms. The lowest BCUT2D eigenvalue weighted by atomic mass is 9.65. The van der Waals surface area contributed by atoms with Crippen molar-refractivity contribution in [2.45, 2.75) is 45.8 Å². The van der Waals surface area contributed by atoms with E-state index in [1.54, 1.807) is 30.3 Å². The molecule has 196 valence electrons. The van der Waals surface area contributed by atoms with E-state index in [1.165, 1.54) is 25.4 Å². The van der Waals surface area contributed by atoms with Crippen LogP contribution in [0.15, 0.2) is 48.7 Å². The van der Waals surface area contributed by atoms with E-state index in [-0.39, 0.29) is 23.7 Å². The van der Waals surface area contributed by atoms with Crippen molar-refractivity contribution in [2.75, 3.05) is 13.7 Å². The Kier molecular flexibility index (Phi) is 7.92. The van der Waals surface area contributed by atoms with Crippen molar-refractivity contribution in [3.05, 3.63) is 65.7 Å². The third-order valence-corrected chi connectivity index (χ3v) is 6.35. The summed E-state index contributed by atoms with van der Waals surface area (Å²) in [7, 11) is 1.51. The molecule has 1 aromatic heterocycles. The van der Waals surface area contributed by atoms with Gasteiger partial charge >= 0.3 is 5.97 Å². The molecule has 0 saturated heterocycles. The Hall–Kier alpha value is -3.72. The van der Waals surface area contributed by atoms with Crippen molar-refractivity contribution in [3.63, 3.8) is 0 Å². The molecule has 1 fully saturated rings. The first-order valence-corrected chi connectivity index (χ1v) is 12.1. The molecule has 8 nitrogen and oxygen atoms in total. The molecule has 0 spiro atoms. The Morgan fingerprint density at radius 3 is 2.65 bits per heavy atom. The minimum absolute atomic E-state index is 0.0408. The molecular weight excluding hydrogens is 479 g/mol.